The van der Waals surface area contributed by atoms with Crippen molar-refractivity contribution in [3.8, 4) is 0 Å². The second kappa shape index (κ2) is 4.22. The van der Waals surface area contributed by atoms with Gasteiger partial charge in [-0.15, -0.1) is 0 Å². The van der Waals surface area contributed by atoms with Crippen molar-refractivity contribution in [1.82, 2.24) is 0 Å². The molecule has 17 heavy (non-hydrogen) atoms. The fraction of sp³-hybridized carbons (Fsp3) is 0.308. The molecule has 2 heterocycles. The highest BCUT2D eigenvalue weighted by molar-refractivity contribution is 5.89. The summed E-state index contributed by atoms with van der Waals surface area (Å²) < 4.78 is 16.2. The van der Waals surface area contributed by atoms with Crippen molar-refractivity contribution in [2.75, 3.05) is 6.61 Å². The molecule has 0 aromatic heterocycles. The summed E-state index contributed by atoms with van der Waals surface area (Å²) in [4.78, 5) is 11.8. The number of esters is 1. The summed E-state index contributed by atoms with van der Waals surface area (Å²) in [6.07, 6.45) is 2.83. The number of carbonyl (C=O) groups excluding carboxylic acids is 1. The first-order valence-corrected chi connectivity index (χ1v) is 5.54. The molecule has 1 saturated heterocycles. The fourth-order valence-corrected chi connectivity index (χ4v) is 2.03. The zero-order valence-corrected chi connectivity index (χ0v) is 9.11. The third kappa shape index (κ3) is 1.91. The Hall–Kier alpha value is -1.81. The first kappa shape index (κ1) is 10.4. The standard InChI is InChI=1S/C13H12O4/c14-13(9-4-2-1-3-5-9)17-11-8-16-10-6-7-15-12(10)11/h1-7,10-12H,8H2/t10-,11-,12+/m0/s1. The van der Waals surface area contributed by atoms with Crippen molar-refractivity contribution in [3.05, 3.63) is 48.2 Å². The van der Waals surface area contributed by atoms with Crippen LogP contribution in [0, 0.1) is 0 Å². The fourth-order valence-electron chi connectivity index (χ4n) is 2.03. The Balaban J connectivity index is 1.66. The molecule has 0 aliphatic carbocycles. The summed E-state index contributed by atoms with van der Waals surface area (Å²) in [5, 5.41) is 0. The molecule has 1 aromatic carbocycles. The topological polar surface area (TPSA) is 44.8 Å². The summed E-state index contributed by atoms with van der Waals surface area (Å²) in [7, 11) is 0. The minimum atomic E-state index is -0.338. The smallest absolute Gasteiger partial charge is 0.338 e. The van der Waals surface area contributed by atoms with Crippen LogP contribution >= 0.6 is 0 Å². The predicted octanol–water partition coefficient (Wildman–Crippen LogP) is 1.52. The molecule has 4 heteroatoms. The molecule has 1 fully saturated rings. The van der Waals surface area contributed by atoms with Crippen LogP contribution in [-0.4, -0.2) is 30.9 Å². The molecule has 0 amide bonds. The van der Waals surface area contributed by atoms with Gasteiger partial charge in [-0.1, -0.05) is 18.2 Å². The van der Waals surface area contributed by atoms with Crippen LogP contribution in [0.25, 0.3) is 0 Å². The average molecular weight is 232 g/mol. The second-order valence-corrected chi connectivity index (χ2v) is 4.04. The molecule has 3 atom stereocenters. The van der Waals surface area contributed by atoms with Crippen LogP contribution in [0.5, 0.6) is 0 Å². The van der Waals surface area contributed by atoms with Gasteiger partial charge in [0.05, 0.1) is 18.4 Å². The third-order valence-electron chi connectivity index (χ3n) is 2.92. The molecule has 0 spiro atoms. The number of rotatable bonds is 2. The lowest BCUT2D eigenvalue weighted by molar-refractivity contribution is -0.00146. The van der Waals surface area contributed by atoms with E-state index in [0.29, 0.717) is 12.2 Å². The van der Waals surface area contributed by atoms with Crippen molar-refractivity contribution in [2.45, 2.75) is 18.3 Å². The summed E-state index contributed by atoms with van der Waals surface area (Å²) in [5.74, 6) is -0.338. The van der Waals surface area contributed by atoms with Crippen LogP contribution in [0.2, 0.25) is 0 Å². The van der Waals surface area contributed by atoms with Crippen LogP contribution in [0.15, 0.2) is 42.7 Å². The van der Waals surface area contributed by atoms with Gasteiger partial charge in [0, 0.05) is 0 Å². The number of carbonyl (C=O) groups is 1. The van der Waals surface area contributed by atoms with E-state index in [9.17, 15) is 4.79 Å². The van der Waals surface area contributed by atoms with Gasteiger partial charge in [-0.2, -0.15) is 0 Å². The lowest BCUT2D eigenvalue weighted by Gasteiger charge is -2.16. The van der Waals surface area contributed by atoms with Gasteiger partial charge in [-0.3, -0.25) is 0 Å². The molecule has 0 saturated carbocycles. The molecule has 1 aromatic rings. The molecule has 2 aliphatic rings. The Morgan fingerprint density at radius 2 is 2.12 bits per heavy atom. The zero-order chi connectivity index (χ0) is 11.7. The molecular formula is C13H12O4. The van der Waals surface area contributed by atoms with E-state index in [1.165, 1.54) is 0 Å². The van der Waals surface area contributed by atoms with E-state index in [4.69, 9.17) is 14.2 Å². The average Bonchev–Trinajstić information content (AvgIpc) is 2.95. The van der Waals surface area contributed by atoms with E-state index >= 15 is 0 Å². The van der Waals surface area contributed by atoms with Gasteiger partial charge in [0.1, 0.15) is 6.10 Å². The normalized spacial score (nSPS) is 29.8. The SMILES string of the molecule is O=C(O[C@H]1CO[C@H]2C=CO[C@H]21)c1ccccc1. The van der Waals surface area contributed by atoms with Gasteiger partial charge in [0.25, 0.3) is 0 Å². The number of fused-ring (bicyclic) bond motifs is 1. The van der Waals surface area contributed by atoms with Crippen LogP contribution in [0.3, 0.4) is 0 Å². The van der Waals surface area contributed by atoms with Crippen LogP contribution in [0.1, 0.15) is 10.4 Å². The van der Waals surface area contributed by atoms with E-state index in [1.54, 1.807) is 30.5 Å². The Bertz CT molecular complexity index is 440. The summed E-state index contributed by atoms with van der Waals surface area (Å²) in [6, 6.07) is 8.92. The lowest BCUT2D eigenvalue weighted by Crippen LogP contribution is -2.32. The first-order chi connectivity index (χ1) is 8.34. The number of hydrogen-bond acceptors (Lipinski definition) is 4. The number of hydrogen-bond donors (Lipinski definition) is 0. The Morgan fingerprint density at radius 3 is 2.94 bits per heavy atom. The zero-order valence-electron chi connectivity index (χ0n) is 9.11. The molecule has 0 bridgehead atoms. The highest BCUT2D eigenvalue weighted by Gasteiger charge is 2.42. The van der Waals surface area contributed by atoms with Gasteiger partial charge < -0.3 is 14.2 Å². The van der Waals surface area contributed by atoms with Gasteiger partial charge in [-0.25, -0.2) is 4.79 Å². The first-order valence-electron chi connectivity index (χ1n) is 5.54. The summed E-state index contributed by atoms with van der Waals surface area (Å²) in [5.41, 5.74) is 0.543. The van der Waals surface area contributed by atoms with E-state index in [0.717, 1.165) is 0 Å². The third-order valence-corrected chi connectivity index (χ3v) is 2.92. The molecule has 0 radical (unpaired) electrons. The van der Waals surface area contributed by atoms with Crippen LogP contribution in [-0.2, 0) is 14.2 Å². The quantitative estimate of drug-likeness (QED) is 0.725. The molecule has 0 N–H and O–H groups in total. The van der Waals surface area contributed by atoms with E-state index in [2.05, 4.69) is 0 Å². The molecule has 4 nitrogen and oxygen atoms in total. The second-order valence-electron chi connectivity index (χ2n) is 4.04. The maximum absolute atomic E-state index is 11.8. The van der Waals surface area contributed by atoms with E-state index in [-0.39, 0.29) is 24.3 Å². The largest absolute Gasteiger partial charge is 0.491 e. The lowest BCUT2D eigenvalue weighted by atomic mass is 10.1. The molecule has 2 aliphatic heterocycles. The maximum Gasteiger partial charge on any atom is 0.338 e. The minimum absolute atomic E-state index is 0.0800. The van der Waals surface area contributed by atoms with Crippen molar-refractivity contribution < 1.29 is 19.0 Å². The van der Waals surface area contributed by atoms with Crippen molar-refractivity contribution in [1.29, 1.82) is 0 Å². The minimum Gasteiger partial charge on any atom is -0.491 e. The van der Waals surface area contributed by atoms with Gasteiger partial charge >= 0.3 is 5.97 Å². The Labute approximate surface area is 98.8 Å². The van der Waals surface area contributed by atoms with Crippen LogP contribution in [0.4, 0.5) is 0 Å². The highest BCUT2D eigenvalue weighted by atomic mass is 16.6. The highest BCUT2D eigenvalue weighted by Crippen LogP contribution is 2.26. The maximum atomic E-state index is 11.8. The van der Waals surface area contributed by atoms with Gasteiger partial charge in [0.15, 0.2) is 12.2 Å². The van der Waals surface area contributed by atoms with Gasteiger partial charge in [0.2, 0.25) is 0 Å². The number of ether oxygens (including phenoxy) is 3. The summed E-state index contributed by atoms with van der Waals surface area (Å²) in [6.45, 7) is 0.387. The van der Waals surface area contributed by atoms with Gasteiger partial charge in [-0.05, 0) is 18.2 Å². The van der Waals surface area contributed by atoms with Crippen LogP contribution < -0.4 is 0 Å². The monoisotopic (exact) mass is 232 g/mol. The summed E-state index contributed by atoms with van der Waals surface area (Å²) >= 11 is 0. The number of benzene rings is 1. The predicted molar refractivity (Wildman–Crippen MR) is 59.4 cm³/mol. The Kier molecular flexibility index (Phi) is 2.57. The molecule has 0 unspecified atom stereocenters. The Morgan fingerprint density at radius 1 is 1.29 bits per heavy atom. The van der Waals surface area contributed by atoms with Crippen molar-refractivity contribution >= 4 is 5.97 Å². The van der Waals surface area contributed by atoms with Crippen molar-refractivity contribution in [2.24, 2.45) is 0 Å². The van der Waals surface area contributed by atoms with E-state index in [1.807, 2.05) is 12.1 Å². The van der Waals surface area contributed by atoms with Crippen molar-refractivity contribution in [3.63, 3.8) is 0 Å². The molecule has 88 valence electrons. The van der Waals surface area contributed by atoms with E-state index < -0.39 is 0 Å². The molecule has 3 rings (SSSR count). The molecular weight excluding hydrogens is 220 g/mol.